The Kier molecular flexibility index (Phi) is 3.56. The first kappa shape index (κ1) is 12.7. The van der Waals surface area contributed by atoms with Gasteiger partial charge in [0.1, 0.15) is 0 Å². The molecule has 0 bridgehead atoms. The maximum absolute atomic E-state index is 12.1. The van der Waals surface area contributed by atoms with E-state index in [0.29, 0.717) is 12.0 Å². The molecule has 1 aliphatic heterocycles. The predicted octanol–water partition coefficient (Wildman–Crippen LogP) is 2.35. The van der Waals surface area contributed by atoms with E-state index in [9.17, 15) is 4.79 Å². The first-order chi connectivity index (χ1) is 9.24. The minimum atomic E-state index is 0.0943. The fourth-order valence-corrected chi connectivity index (χ4v) is 2.84. The number of hydrogen-bond acceptors (Lipinski definition) is 2. The Morgan fingerprint density at radius 2 is 1.95 bits per heavy atom. The van der Waals surface area contributed by atoms with E-state index in [-0.39, 0.29) is 5.91 Å². The largest absolute Gasteiger partial charge is 0.349 e. The normalized spacial score (nSPS) is 20.3. The van der Waals surface area contributed by atoms with E-state index < -0.39 is 0 Å². The van der Waals surface area contributed by atoms with Crippen molar-refractivity contribution in [2.24, 2.45) is 0 Å². The molecule has 2 aliphatic rings. The highest BCUT2D eigenvalue weighted by atomic mass is 16.1. The zero-order valence-electron chi connectivity index (χ0n) is 11.5. The summed E-state index contributed by atoms with van der Waals surface area (Å²) in [6, 6.07) is 6.78. The number of piperidine rings is 1. The molecule has 2 fully saturated rings. The zero-order chi connectivity index (χ0) is 13.2. The second-order valence-electron chi connectivity index (χ2n) is 5.85. The molecule has 1 heterocycles. The number of carbonyl (C=O) groups is 1. The molecule has 1 amide bonds. The van der Waals surface area contributed by atoms with Crippen LogP contribution in [0.15, 0.2) is 18.2 Å². The summed E-state index contributed by atoms with van der Waals surface area (Å²) in [5.41, 5.74) is 3.33. The van der Waals surface area contributed by atoms with Gasteiger partial charge in [-0.15, -0.1) is 0 Å². The average molecular weight is 258 g/mol. The van der Waals surface area contributed by atoms with Crippen molar-refractivity contribution in [3.63, 3.8) is 0 Å². The van der Waals surface area contributed by atoms with Crippen LogP contribution in [0.1, 0.15) is 53.1 Å². The number of benzene rings is 1. The van der Waals surface area contributed by atoms with Gasteiger partial charge in [-0.1, -0.05) is 12.1 Å². The number of hydrogen-bond donors (Lipinski definition) is 2. The lowest BCUT2D eigenvalue weighted by Gasteiger charge is -2.23. The summed E-state index contributed by atoms with van der Waals surface area (Å²) < 4.78 is 0. The van der Waals surface area contributed by atoms with E-state index in [0.717, 1.165) is 37.1 Å². The molecule has 0 spiro atoms. The van der Waals surface area contributed by atoms with Crippen LogP contribution in [-0.4, -0.2) is 25.0 Å². The third-order valence-corrected chi connectivity index (χ3v) is 4.22. The molecule has 1 aromatic carbocycles. The zero-order valence-corrected chi connectivity index (χ0v) is 11.5. The molecule has 19 heavy (non-hydrogen) atoms. The van der Waals surface area contributed by atoms with Crippen LogP contribution in [0.3, 0.4) is 0 Å². The maximum atomic E-state index is 12.1. The third kappa shape index (κ3) is 2.98. The summed E-state index contributed by atoms with van der Waals surface area (Å²) in [5, 5.41) is 6.45. The summed E-state index contributed by atoms with van der Waals surface area (Å²) in [5.74, 6) is 0.748. The van der Waals surface area contributed by atoms with Gasteiger partial charge in [-0.2, -0.15) is 0 Å². The van der Waals surface area contributed by atoms with Crippen molar-refractivity contribution < 1.29 is 4.79 Å². The Morgan fingerprint density at radius 1 is 1.21 bits per heavy atom. The average Bonchev–Trinajstić information content (AvgIpc) is 3.23. The molecule has 3 heteroatoms. The summed E-state index contributed by atoms with van der Waals surface area (Å²) >= 11 is 0. The van der Waals surface area contributed by atoms with E-state index in [1.54, 1.807) is 0 Å². The maximum Gasteiger partial charge on any atom is 0.251 e. The van der Waals surface area contributed by atoms with Crippen LogP contribution in [0.25, 0.3) is 0 Å². The van der Waals surface area contributed by atoms with Crippen molar-refractivity contribution in [2.45, 2.75) is 44.6 Å². The predicted molar refractivity (Wildman–Crippen MR) is 76.5 cm³/mol. The van der Waals surface area contributed by atoms with Crippen LogP contribution < -0.4 is 10.6 Å². The van der Waals surface area contributed by atoms with E-state index in [4.69, 9.17) is 0 Å². The highest BCUT2D eigenvalue weighted by Crippen LogP contribution is 2.27. The molecule has 0 atom stereocenters. The molecule has 0 radical (unpaired) electrons. The van der Waals surface area contributed by atoms with Gasteiger partial charge < -0.3 is 10.6 Å². The lowest BCUT2D eigenvalue weighted by Crippen LogP contribution is -2.27. The van der Waals surface area contributed by atoms with E-state index in [1.807, 2.05) is 13.0 Å². The van der Waals surface area contributed by atoms with Crippen molar-refractivity contribution in [3.8, 4) is 0 Å². The van der Waals surface area contributed by atoms with Gasteiger partial charge in [0.2, 0.25) is 0 Å². The van der Waals surface area contributed by atoms with E-state index >= 15 is 0 Å². The number of amides is 1. The fourth-order valence-electron chi connectivity index (χ4n) is 2.84. The van der Waals surface area contributed by atoms with Crippen molar-refractivity contribution in [1.82, 2.24) is 10.6 Å². The molecule has 2 N–H and O–H groups in total. The number of aryl methyl sites for hydroxylation is 1. The van der Waals surface area contributed by atoms with Crippen molar-refractivity contribution >= 4 is 5.91 Å². The van der Waals surface area contributed by atoms with Gasteiger partial charge in [0.25, 0.3) is 5.91 Å². The smallest absolute Gasteiger partial charge is 0.251 e. The Hall–Kier alpha value is -1.35. The minimum absolute atomic E-state index is 0.0943. The van der Waals surface area contributed by atoms with Crippen molar-refractivity contribution in [2.75, 3.05) is 13.1 Å². The monoisotopic (exact) mass is 258 g/mol. The fraction of sp³-hybridized carbons (Fsp3) is 0.562. The summed E-state index contributed by atoms with van der Waals surface area (Å²) in [4.78, 5) is 12.1. The molecular weight excluding hydrogens is 236 g/mol. The second-order valence-corrected chi connectivity index (χ2v) is 5.85. The van der Waals surface area contributed by atoms with Gasteiger partial charge in [0.15, 0.2) is 0 Å². The van der Waals surface area contributed by atoms with Gasteiger partial charge in [-0.3, -0.25) is 4.79 Å². The Bertz CT molecular complexity index is 474. The molecule has 3 rings (SSSR count). The van der Waals surface area contributed by atoms with Gasteiger partial charge in [-0.05, 0) is 68.8 Å². The highest BCUT2D eigenvalue weighted by molar-refractivity contribution is 5.96. The second kappa shape index (κ2) is 5.33. The Morgan fingerprint density at radius 3 is 2.58 bits per heavy atom. The Balaban J connectivity index is 1.74. The van der Waals surface area contributed by atoms with Crippen LogP contribution in [0.2, 0.25) is 0 Å². The van der Waals surface area contributed by atoms with Gasteiger partial charge in [0, 0.05) is 11.6 Å². The number of nitrogens with one attached hydrogen (secondary N) is 2. The van der Waals surface area contributed by atoms with Gasteiger partial charge >= 0.3 is 0 Å². The number of rotatable bonds is 3. The van der Waals surface area contributed by atoms with E-state index in [1.165, 1.54) is 18.4 Å². The van der Waals surface area contributed by atoms with Crippen LogP contribution in [-0.2, 0) is 0 Å². The molecule has 102 valence electrons. The molecule has 1 saturated heterocycles. The lowest BCUT2D eigenvalue weighted by atomic mass is 9.88. The van der Waals surface area contributed by atoms with Crippen LogP contribution in [0, 0.1) is 6.92 Å². The van der Waals surface area contributed by atoms with Crippen molar-refractivity contribution in [3.05, 3.63) is 34.9 Å². The molecular formula is C16H22N2O. The topological polar surface area (TPSA) is 41.1 Å². The van der Waals surface area contributed by atoms with Gasteiger partial charge in [-0.25, -0.2) is 0 Å². The van der Waals surface area contributed by atoms with E-state index in [2.05, 4.69) is 22.8 Å². The van der Waals surface area contributed by atoms with Crippen LogP contribution in [0.5, 0.6) is 0 Å². The minimum Gasteiger partial charge on any atom is -0.349 e. The molecule has 0 aromatic heterocycles. The molecule has 1 aliphatic carbocycles. The molecule has 3 nitrogen and oxygen atoms in total. The quantitative estimate of drug-likeness (QED) is 0.874. The standard InChI is InChI=1S/C16H22N2O/c1-11-10-13(12-6-8-17-9-7-12)2-5-15(11)16(19)18-14-3-4-14/h2,5,10,12,14,17H,3-4,6-9H2,1H3,(H,18,19). The first-order valence-corrected chi connectivity index (χ1v) is 7.36. The summed E-state index contributed by atoms with van der Waals surface area (Å²) in [7, 11) is 0. The third-order valence-electron chi connectivity index (χ3n) is 4.22. The molecule has 1 saturated carbocycles. The van der Waals surface area contributed by atoms with Crippen molar-refractivity contribution in [1.29, 1.82) is 0 Å². The lowest BCUT2D eigenvalue weighted by molar-refractivity contribution is 0.0950. The summed E-state index contributed by atoms with van der Waals surface area (Å²) in [6.45, 7) is 4.26. The SMILES string of the molecule is Cc1cc(C2CCNCC2)ccc1C(=O)NC1CC1. The Labute approximate surface area is 114 Å². The van der Waals surface area contributed by atoms with Crippen LogP contribution in [0.4, 0.5) is 0 Å². The summed E-state index contributed by atoms with van der Waals surface area (Å²) in [6.07, 6.45) is 4.68. The molecule has 0 unspecified atom stereocenters. The van der Waals surface area contributed by atoms with Gasteiger partial charge in [0.05, 0.1) is 0 Å². The first-order valence-electron chi connectivity index (χ1n) is 7.36. The number of carbonyl (C=O) groups excluding carboxylic acids is 1. The molecule has 1 aromatic rings. The van der Waals surface area contributed by atoms with Crippen LogP contribution >= 0.6 is 0 Å². The highest BCUT2D eigenvalue weighted by Gasteiger charge is 2.24.